The first kappa shape index (κ1) is 5.29. The SMILES string of the molecule is [O-][n+]1c[nH]c2ccccc21. The molecule has 0 unspecified atom stereocenters. The van der Waals surface area contributed by atoms with Crippen LogP contribution in [0.15, 0.2) is 30.6 Å². The summed E-state index contributed by atoms with van der Waals surface area (Å²) in [5, 5.41) is 10.9. The lowest BCUT2D eigenvalue weighted by atomic mass is 10.3. The molecule has 0 amide bonds. The van der Waals surface area contributed by atoms with Crippen LogP contribution in [-0.2, 0) is 0 Å². The minimum atomic E-state index is 0.683. The number of nitrogens with one attached hydrogen (secondary N) is 1. The van der Waals surface area contributed by atoms with Crippen molar-refractivity contribution in [2.45, 2.75) is 0 Å². The van der Waals surface area contributed by atoms with Crippen LogP contribution in [0.2, 0.25) is 0 Å². The van der Waals surface area contributed by atoms with Crippen molar-refractivity contribution < 1.29 is 4.73 Å². The number of rotatable bonds is 0. The Balaban J connectivity index is 2.93. The molecular weight excluding hydrogens is 128 g/mol. The molecule has 0 aliphatic rings. The number of fused-ring (bicyclic) bond motifs is 1. The number of H-pyrrole nitrogens is 1. The number of benzene rings is 1. The van der Waals surface area contributed by atoms with E-state index in [2.05, 4.69) is 4.98 Å². The Kier molecular flexibility index (Phi) is 0.917. The van der Waals surface area contributed by atoms with Crippen LogP contribution >= 0.6 is 0 Å². The van der Waals surface area contributed by atoms with E-state index < -0.39 is 0 Å². The van der Waals surface area contributed by atoms with Gasteiger partial charge in [0.15, 0.2) is 11.0 Å². The maximum absolute atomic E-state index is 10.9. The van der Waals surface area contributed by atoms with Crippen LogP contribution in [0.1, 0.15) is 0 Å². The zero-order chi connectivity index (χ0) is 6.97. The van der Waals surface area contributed by atoms with Crippen molar-refractivity contribution in [3.8, 4) is 0 Å². The molecule has 1 heterocycles. The molecule has 1 N–H and O–H groups in total. The monoisotopic (exact) mass is 134 g/mol. The van der Waals surface area contributed by atoms with Gasteiger partial charge in [-0.1, -0.05) is 12.1 Å². The highest BCUT2D eigenvalue weighted by molar-refractivity contribution is 5.70. The summed E-state index contributed by atoms with van der Waals surface area (Å²) in [7, 11) is 0. The predicted octanol–water partition coefficient (Wildman–Crippen LogP) is 0.801. The first-order chi connectivity index (χ1) is 4.88. The van der Waals surface area contributed by atoms with Gasteiger partial charge in [-0.15, -0.1) is 0 Å². The van der Waals surface area contributed by atoms with Crippen LogP contribution in [0.25, 0.3) is 11.0 Å². The quantitative estimate of drug-likeness (QED) is 0.420. The number of imidazole rings is 1. The highest BCUT2D eigenvalue weighted by atomic mass is 16.5. The summed E-state index contributed by atoms with van der Waals surface area (Å²) in [6, 6.07) is 7.37. The third-order valence-corrected chi connectivity index (χ3v) is 1.48. The molecule has 0 saturated carbocycles. The lowest BCUT2D eigenvalue weighted by Crippen LogP contribution is -2.22. The summed E-state index contributed by atoms with van der Waals surface area (Å²) in [6.07, 6.45) is 1.39. The fourth-order valence-corrected chi connectivity index (χ4v) is 0.986. The molecule has 50 valence electrons. The summed E-state index contributed by atoms with van der Waals surface area (Å²) < 4.78 is 0.815. The molecule has 0 atom stereocenters. The predicted molar refractivity (Wildman–Crippen MR) is 37.3 cm³/mol. The Morgan fingerprint density at radius 3 is 2.90 bits per heavy atom. The molecule has 0 aliphatic carbocycles. The molecular formula is C7H6N2O. The van der Waals surface area contributed by atoms with Gasteiger partial charge in [0.05, 0.1) is 0 Å². The summed E-state index contributed by atoms with van der Waals surface area (Å²) >= 11 is 0. The van der Waals surface area contributed by atoms with Crippen LogP contribution in [0, 0.1) is 5.21 Å². The number of nitrogens with zero attached hydrogens (tertiary/aromatic N) is 1. The van der Waals surface area contributed by atoms with Crippen molar-refractivity contribution in [3.63, 3.8) is 0 Å². The first-order valence-electron chi connectivity index (χ1n) is 3.03. The highest BCUT2D eigenvalue weighted by Gasteiger charge is 1.99. The highest BCUT2D eigenvalue weighted by Crippen LogP contribution is 2.03. The number of hydrogen-bond donors (Lipinski definition) is 1. The Morgan fingerprint density at radius 1 is 1.30 bits per heavy atom. The van der Waals surface area contributed by atoms with Crippen molar-refractivity contribution in [2.24, 2.45) is 0 Å². The third-order valence-electron chi connectivity index (χ3n) is 1.48. The van der Waals surface area contributed by atoms with E-state index in [0.717, 1.165) is 10.2 Å². The smallest absolute Gasteiger partial charge is 0.245 e. The minimum absolute atomic E-state index is 0.683. The van der Waals surface area contributed by atoms with Crippen LogP contribution in [0.4, 0.5) is 0 Å². The maximum Gasteiger partial charge on any atom is 0.245 e. The van der Waals surface area contributed by atoms with Crippen LogP contribution < -0.4 is 4.73 Å². The second-order valence-corrected chi connectivity index (χ2v) is 2.12. The van der Waals surface area contributed by atoms with E-state index in [1.807, 2.05) is 18.2 Å². The van der Waals surface area contributed by atoms with Gasteiger partial charge in [0.2, 0.25) is 6.33 Å². The van der Waals surface area contributed by atoms with E-state index in [1.54, 1.807) is 6.07 Å². The zero-order valence-electron chi connectivity index (χ0n) is 5.24. The summed E-state index contributed by atoms with van der Waals surface area (Å²) in [5.41, 5.74) is 1.56. The van der Waals surface area contributed by atoms with E-state index in [9.17, 15) is 5.21 Å². The average Bonchev–Trinajstić information content (AvgIpc) is 2.34. The van der Waals surface area contributed by atoms with Gasteiger partial charge in [0.1, 0.15) is 0 Å². The van der Waals surface area contributed by atoms with Crippen molar-refractivity contribution >= 4 is 11.0 Å². The van der Waals surface area contributed by atoms with Crippen molar-refractivity contribution in [1.29, 1.82) is 0 Å². The summed E-state index contributed by atoms with van der Waals surface area (Å²) in [4.78, 5) is 2.84. The fourth-order valence-electron chi connectivity index (χ4n) is 0.986. The van der Waals surface area contributed by atoms with Gasteiger partial charge in [-0.3, -0.25) is 0 Å². The molecule has 3 nitrogen and oxygen atoms in total. The molecule has 2 rings (SSSR count). The second kappa shape index (κ2) is 1.73. The van der Waals surface area contributed by atoms with Crippen LogP contribution in [0.5, 0.6) is 0 Å². The number of aromatic amines is 1. The van der Waals surface area contributed by atoms with Gasteiger partial charge in [0, 0.05) is 0 Å². The maximum atomic E-state index is 10.9. The third kappa shape index (κ3) is 0.572. The average molecular weight is 134 g/mol. The lowest BCUT2D eigenvalue weighted by molar-refractivity contribution is -0.576. The fraction of sp³-hybridized carbons (Fsp3) is 0. The summed E-state index contributed by atoms with van der Waals surface area (Å²) in [6.45, 7) is 0. The molecule has 0 aliphatic heterocycles. The zero-order valence-corrected chi connectivity index (χ0v) is 5.24. The van der Waals surface area contributed by atoms with E-state index in [4.69, 9.17) is 0 Å². The number of hydrogen-bond acceptors (Lipinski definition) is 1. The van der Waals surface area contributed by atoms with E-state index in [-0.39, 0.29) is 0 Å². The Hall–Kier alpha value is -1.51. The molecule has 0 fully saturated rings. The van der Waals surface area contributed by atoms with E-state index >= 15 is 0 Å². The first-order valence-corrected chi connectivity index (χ1v) is 3.03. The van der Waals surface area contributed by atoms with Crippen molar-refractivity contribution in [2.75, 3.05) is 0 Å². The lowest BCUT2D eigenvalue weighted by Gasteiger charge is -1.93. The largest absolute Gasteiger partial charge is 0.710 e. The van der Waals surface area contributed by atoms with Crippen LogP contribution in [-0.4, -0.2) is 4.98 Å². The molecule has 0 spiro atoms. The molecule has 0 radical (unpaired) electrons. The molecule has 3 heteroatoms. The van der Waals surface area contributed by atoms with Gasteiger partial charge in [-0.2, -0.15) is 0 Å². The summed E-state index contributed by atoms with van der Waals surface area (Å²) in [5.74, 6) is 0. The molecule has 2 aromatic rings. The van der Waals surface area contributed by atoms with Gasteiger partial charge < -0.3 is 5.21 Å². The van der Waals surface area contributed by atoms with E-state index in [0.29, 0.717) is 5.52 Å². The standard InChI is InChI=1S/C7H6N2O/c10-9-5-8-6-3-1-2-4-7(6)9/h1-5,8H. The molecule has 10 heavy (non-hydrogen) atoms. The van der Waals surface area contributed by atoms with Gasteiger partial charge >= 0.3 is 0 Å². The van der Waals surface area contributed by atoms with Crippen molar-refractivity contribution in [1.82, 2.24) is 4.98 Å². The second-order valence-electron chi connectivity index (χ2n) is 2.12. The number of aromatic nitrogens is 2. The van der Waals surface area contributed by atoms with Gasteiger partial charge in [-0.05, 0) is 12.1 Å². The Labute approximate surface area is 57.5 Å². The number of para-hydroxylation sites is 2. The Morgan fingerprint density at radius 2 is 2.10 bits per heavy atom. The van der Waals surface area contributed by atoms with Crippen LogP contribution in [0.3, 0.4) is 0 Å². The topological polar surface area (TPSA) is 42.7 Å². The molecule has 0 bridgehead atoms. The Bertz CT molecular complexity index is 353. The van der Waals surface area contributed by atoms with E-state index in [1.165, 1.54) is 6.33 Å². The molecule has 1 aromatic carbocycles. The normalized spacial score (nSPS) is 10.4. The van der Waals surface area contributed by atoms with Gasteiger partial charge in [0.25, 0.3) is 0 Å². The van der Waals surface area contributed by atoms with Crippen molar-refractivity contribution in [3.05, 3.63) is 35.8 Å². The molecule has 1 aromatic heterocycles. The molecule has 0 saturated heterocycles. The minimum Gasteiger partial charge on any atom is -0.710 e. The van der Waals surface area contributed by atoms with Gasteiger partial charge in [-0.25, -0.2) is 9.71 Å².